The molecule has 0 aromatic heterocycles. The van der Waals surface area contributed by atoms with Crippen molar-refractivity contribution in [1.82, 2.24) is 5.32 Å². The van der Waals surface area contributed by atoms with Crippen molar-refractivity contribution in [3.8, 4) is 0 Å². The average molecular weight is 244 g/mol. The lowest BCUT2D eigenvalue weighted by Crippen LogP contribution is -2.39. The Morgan fingerprint density at radius 1 is 1.27 bits per heavy atom. The molecule has 3 N–H and O–H groups in total. The number of nitrogens with one attached hydrogen (secondary N) is 1. The van der Waals surface area contributed by atoms with Gasteiger partial charge in [-0.15, -0.1) is 0 Å². The van der Waals surface area contributed by atoms with Crippen molar-refractivity contribution in [2.45, 2.75) is 5.92 Å². The fourth-order valence-corrected chi connectivity index (χ4v) is 2.13. The summed E-state index contributed by atoms with van der Waals surface area (Å²) >= 11 is 11.9. The Balaban J connectivity index is 2.23. The molecule has 5 heteroatoms. The molecule has 0 amide bonds. The van der Waals surface area contributed by atoms with Crippen molar-refractivity contribution in [2.24, 2.45) is 10.7 Å². The minimum atomic E-state index is 0.286. The highest BCUT2D eigenvalue weighted by Gasteiger charge is 2.16. The molecule has 80 valence electrons. The van der Waals surface area contributed by atoms with Crippen LogP contribution in [0.2, 0.25) is 10.0 Å². The predicted octanol–water partition coefficient (Wildman–Crippen LogP) is 1.99. The van der Waals surface area contributed by atoms with Gasteiger partial charge in [-0.05, 0) is 23.8 Å². The third kappa shape index (κ3) is 2.55. The summed E-state index contributed by atoms with van der Waals surface area (Å²) in [4.78, 5) is 4.14. The zero-order valence-electron chi connectivity index (χ0n) is 8.00. The van der Waals surface area contributed by atoms with Crippen molar-refractivity contribution < 1.29 is 0 Å². The van der Waals surface area contributed by atoms with Crippen LogP contribution in [-0.2, 0) is 0 Å². The van der Waals surface area contributed by atoms with Gasteiger partial charge in [0.1, 0.15) is 0 Å². The summed E-state index contributed by atoms with van der Waals surface area (Å²) in [5, 5.41) is 4.32. The van der Waals surface area contributed by atoms with Gasteiger partial charge in [-0.3, -0.25) is 4.99 Å². The Morgan fingerprint density at radius 3 is 2.47 bits per heavy atom. The number of benzene rings is 1. The first-order valence-corrected chi connectivity index (χ1v) is 5.40. The maximum Gasteiger partial charge on any atom is 0.188 e. The molecular formula is C10H11Cl2N3. The van der Waals surface area contributed by atoms with Crippen LogP contribution in [0, 0.1) is 0 Å². The minimum absolute atomic E-state index is 0.286. The molecule has 0 spiro atoms. The number of guanidine groups is 1. The highest BCUT2D eigenvalue weighted by Crippen LogP contribution is 2.25. The van der Waals surface area contributed by atoms with E-state index in [-0.39, 0.29) is 5.92 Å². The summed E-state index contributed by atoms with van der Waals surface area (Å²) in [7, 11) is 0. The summed E-state index contributed by atoms with van der Waals surface area (Å²) in [5.41, 5.74) is 6.62. The molecular weight excluding hydrogens is 233 g/mol. The Bertz CT molecular complexity index is 383. The van der Waals surface area contributed by atoms with E-state index in [1.165, 1.54) is 0 Å². The van der Waals surface area contributed by atoms with Crippen molar-refractivity contribution in [2.75, 3.05) is 13.1 Å². The van der Waals surface area contributed by atoms with Gasteiger partial charge in [0.15, 0.2) is 5.96 Å². The molecule has 0 saturated carbocycles. The van der Waals surface area contributed by atoms with Crippen LogP contribution in [0.15, 0.2) is 23.2 Å². The molecule has 1 aromatic carbocycles. The van der Waals surface area contributed by atoms with Crippen LogP contribution in [-0.4, -0.2) is 19.0 Å². The Morgan fingerprint density at radius 2 is 1.93 bits per heavy atom. The van der Waals surface area contributed by atoms with Crippen LogP contribution >= 0.6 is 23.2 Å². The van der Waals surface area contributed by atoms with Crippen LogP contribution in [0.3, 0.4) is 0 Å². The third-order valence-corrected chi connectivity index (χ3v) is 2.80. The molecule has 0 radical (unpaired) electrons. The number of halogens is 2. The van der Waals surface area contributed by atoms with Gasteiger partial charge in [-0.2, -0.15) is 0 Å². The molecule has 0 bridgehead atoms. The smallest absolute Gasteiger partial charge is 0.188 e. The summed E-state index contributed by atoms with van der Waals surface area (Å²) in [6.45, 7) is 1.45. The molecule has 3 nitrogen and oxygen atoms in total. The first-order chi connectivity index (χ1) is 7.15. The maximum absolute atomic E-state index is 5.93. The van der Waals surface area contributed by atoms with Gasteiger partial charge in [0.25, 0.3) is 0 Å². The van der Waals surface area contributed by atoms with E-state index in [4.69, 9.17) is 28.9 Å². The Labute approximate surface area is 98.3 Å². The third-order valence-electron chi connectivity index (χ3n) is 2.37. The van der Waals surface area contributed by atoms with E-state index in [9.17, 15) is 0 Å². The first kappa shape index (κ1) is 10.6. The zero-order chi connectivity index (χ0) is 10.8. The van der Waals surface area contributed by atoms with Gasteiger partial charge >= 0.3 is 0 Å². The monoisotopic (exact) mass is 243 g/mol. The van der Waals surface area contributed by atoms with Gasteiger partial charge in [-0.1, -0.05) is 23.2 Å². The van der Waals surface area contributed by atoms with Crippen molar-refractivity contribution in [3.05, 3.63) is 33.8 Å². The number of nitrogens with two attached hydrogens (primary N) is 1. The predicted molar refractivity (Wildman–Crippen MR) is 63.7 cm³/mol. The number of aliphatic imine (C=N–C) groups is 1. The van der Waals surface area contributed by atoms with Gasteiger partial charge in [-0.25, -0.2) is 0 Å². The highest BCUT2D eigenvalue weighted by molar-refractivity contribution is 6.34. The second-order valence-corrected chi connectivity index (χ2v) is 4.38. The SMILES string of the molecule is NC1=NCC(c2cc(Cl)cc(Cl)c2)CN1. The lowest BCUT2D eigenvalue weighted by molar-refractivity contribution is 0.635. The van der Waals surface area contributed by atoms with Gasteiger partial charge in [0.2, 0.25) is 0 Å². The highest BCUT2D eigenvalue weighted by atomic mass is 35.5. The lowest BCUT2D eigenvalue weighted by Gasteiger charge is -2.21. The molecule has 0 fully saturated rings. The minimum Gasteiger partial charge on any atom is -0.370 e. The Hall–Kier alpha value is -0.930. The molecule has 2 rings (SSSR count). The summed E-state index contributed by atoms with van der Waals surface area (Å²) in [6.07, 6.45) is 0. The van der Waals surface area contributed by atoms with E-state index in [1.54, 1.807) is 6.07 Å². The summed E-state index contributed by atoms with van der Waals surface area (Å²) in [6, 6.07) is 5.55. The van der Waals surface area contributed by atoms with E-state index in [1.807, 2.05) is 12.1 Å². The normalized spacial score (nSPS) is 20.7. The van der Waals surface area contributed by atoms with Gasteiger partial charge < -0.3 is 11.1 Å². The van der Waals surface area contributed by atoms with Crippen LogP contribution in [0.1, 0.15) is 11.5 Å². The molecule has 1 aromatic rings. The van der Waals surface area contributed by atoms with Gasteiger partial charge in [0, 0.05) is 22.5 Å². The van der Waals surface area contributed by atoms with E-state index in [0.29, 0.717) is 22.5 Å². The first-order valence-electron chi connectivity index (χ1n) is 4.65. The summed E-state index contributed by atoms with van der Waals surface area (Å²) < 4.78 is 0. The van der Waals surface area contributed by atoms with E-state index < -0.39 is 0 Å². The topological polar surface area (TPSA) is 50.4 Å². The molecule has 1 heterocycles. The number of rotatable bonds is 1. The van der Waals surface area contributed by atoms with Crippen molar-refractivity contribution in [3.63, 3.8) is 0 Å². The molecule has 1 aliphatic heterocycles. The van der Waals surface area contributed by atoms with Crippen LogP contribution < -0.4 is 11.1 Å². The fourth-order valence-electron chi connectivity index (χ4n) is 1.59. The molecule has 1 atom stereocenters. The van der Waals surface area contributed by atoms with Crippen LogP contribution in [0.4, 0.5) is 0 Å². The molecule has 0 saturated heterocycles. The standard InChI is InChI=1S/C10H11Cl2N3/c11-8-1-6(2-9(12)3-8)7-4-14-10(13)15-5-7/h1-3,7H,4-5H2,(H3,13,14,15). The Kier molecular flexibility index (Phi) is 3.03. The number of hydrogen-bond donors (Lipinski definition) is 2. The van der Waals surface area contributed by atoms with Crippen molar-refractivity contribution >= 4 is 29.2 Å². The van der Waals surface area contributed by atoms with Crippen molar-refractivity contribution in [1.29, 1.82) is 0 Å². The molecule has 15 heavy (non-hydrogen) atoms. The van der Waals surface area contributed by atoms with E-state index >= 15 is 0 Å². The fraction of sp³-hybridized carbons (Fsp3) is 0.300. The second-order valence-electron chi connectivity index (χ2n) is 3.51. The summed E-state index contributed by atoms with van der Waals surface area (Å²) in [5.74, 6) is 0.785. The van der Waals surface area contributed by atoms with Crippen LogP contribution in [0.25, 0.3) is 0 Å². The molecule has 1 unspecified atom stereocenters. The molecule has 0 aliphatic carbocycles. The zero-order valence-corrected chi connectivity index (χ0v) is 9.52. The second kappa shape index (κ2) is 4.29. The average Bonchev–Trinajstić information content (AvgIpc) is 2.17. The maximum atomic E-state index is 5.93. The largest absolute Gasteiger partial charge is 0.370 e. The van der Waals surface area contributed by atoms with E-state index in [0.717, 1.165) is 12.1 Å². The van der Waals surface area contributed by atoms with Gasteiger partial charge in [0.05, 0.1) is 6.54 Å². The van der Waals surface area contributed by atoms with E-state index in [2.05, 4.69) is 10.3 Å². The lowest BCUT2D eigenvalue weighted by atomic mass is 9.98. The number of nitrogens with zero attached hydrogens (tertiary/aromatic N) is 1. The number of hydrogen-bond acceptors (Lipinski definition) is 3. The quantitative estimate of drug-likeness (QED) is 0.793. The molecule has 1 aliphatic rings. The van der Waals surface area contributed by atoms with Crippen LogP contribution in [0.5, 0.6) is 0 Å².